The molecule has 2 aromatic rings. The van der Waals surface area contributed by atoms with Crippen molar-refractivity contribution < 1.29 is 4.79 Å². The molecule has 0 bridgehead atoms. The van der Waals surface area contributed by atoms with Gasteiger partial charge in [-0.15, -0.1) is 0 Å². The zero-order valence-electron chi connectivity index (χ0n) is 12.4. The second kappa shape index (κ2) is 6.91. The van der Waals surface area contributed by atoms with Crippen LogP contribution >= 0.6 is 22.7 Å². The zero-order valence-corrected chi connectivity index (χ0v) is 14.1. The minimum Gasteiger partial charge on any atom is -0.382 e. The van der Waals surface area contributed by atoms with Crippen LogP contribution in [0, 0.1) is 5.92 Å². The Labute approximate surface area is 132 Å². The summed E-state index contributed by atoms with van der Waals surface area (Å²) in [5.41, 5.74) is 7.00. The Hall–Kier alpha value is -1.60. The molecule has 0 aliphatic heterocycles. The SMILES string of the molecule is CC(C)CNc1nc(N)c(C(=O)N(C)Cc2ccsc2)s1. The topological polar surface area (TPSA) is 71.2 Å². The number of hydrogen-bond donors (Lipinski definition) is 2. The van der Waals surface area contributed by atoms with Gasteiger partial charge in [0, 0.05) is 20.1 Å². The van der Waals surface area contributed by atoms with Crippen LogP contribution in [0.1, 0.15) is 29.1 Å². The standard InChI is InChI=1S/C14H20N4OS2/c1-9(2)6-16-14-17-12(15)11(21-14)13(19)18(3)7-10-4-5-20-8-10/h4-5,8-9H,6-7,15H2,1-3H3,(H,16,17). The molecule has 0 spiro atoms. The van der Waals surface area contributed by atoms with Gasteiger partial charge in [-0.1, -0.05) is 25.2 Å². The van der Waals surface area contributed by atoms with Crippen molar-refractivity contribution in [3.8, 4) is 0 Å². The number of nitrogens with one attached hydrogen (secondary N) is 1. The number of aromatic nitrogens is 1. The van der Waals surface area contributed by atoms with Gasteiger partial charge in [-0.2, -0.15) is 11.3 Å². The fraction of sp³-hybridized carbons (Fsp3) is 0.429. The smallest absolute Gasteiger partial charge is 0.267 e. The summed E-state index contributed by atoms with van der Waals surface area (Å²) in [6, 6.07) is 2.01. The molecular weight excluding hydrogens is 304 g/mol. The third-order valence-corrected chi connectivity index (χ3v) is 4.60. The average Bonchev–Trinajstić information content (AvgIpc) is 3.05. The van der Waals surface area contributed by atoms with Crippen LogP contribution < -0.4 is 11.1 Å². The molecule has 2 aromatic heterocycles. The molecule has 7 heteroatoms. The number of nitrogens with zero attached hydrogens (tertiary/aromatic N) is 2. The number of nitrogens with two attached hydrogens (primary N) is 1. The largest absolute Gasteiger partial charge is 0.382 e. The predicted octanol–water partition coefficient (Wildman–Crippen LogP) is 3.13. The van der Waals surface area contributed by atoms with Crippen LogP contribution in [0.2, 0.25) is 0 Å². The molecule has 0 saturated carbocycles. The van der Waals surface area contributed by atoms with Gasteiger partial charge in [-0.3, -0.25) is 4.79 Å². The minimum absolute atomic E-state index is 0.0891. The van der Waals surface area contributed by atoms with Crippen molar-refractivity contribution in [1.29, 1.82) is 0 Å². The summed E-state index contributed by atoms with van der Waals surface area (Å²) in [6.45, 7) is 5.62. The van der Waals surface area contributed by atoms with E-state index in [1.807, 2.05) is 16.8 Å². The Kier molecular flexibility index (Phi) is 5.19. The van der Waals surface area contributed by atoms with E-state index in [1.165, 1.54) is 11.3 Å². The lowest BCUT2D eigenvalue weighted by molar-refractivity contribution is 0.0791. The molecule has 0 unspecified atom stereocenters. The van der Waals surface area contributed by atoms with Crippen LogP contribution in [0.25, 0.3) is 0 Å². The summed E-state index contributed by atoms with van der Waals surface area (Å²) < 4.78 is 0. The number of rotatable bonds is 6. The molecule has 2 rings (SSSR count). The minimum atomic E-state index is -0.0891. The first-order valence-corrected chi connectivity index (χ1v) is 8.50. The third-order valence-electron chi connectivity index (χ3n) is 2.86. The molecular formula is C14H20N4OS2. The fourth-order valence-electron chi connectivity index (χ4n) is 1.75. The Morgan fingerprint density at radius 2 is 2.29 bits per heavy atom. The van der Waals surface area contributed by atoms with Crippen molar-refractivity contribution in [3.05, 3.63) is 27.3 Å². The first-order chi connectivity index (χ1) is 9.97. The monoisotopic (exact) mass is 324 g/mol. The molecule has 0 aliphatic rings. The van der Waals surface area contributed by atoms with E-state index in [2.05, 4.69) is 24.1 Å². The maximum absolute atomic E-state index is 12.4. The van der Waals surface area contributed by atoms with E-state index in [-0.39, 0.29) is 5.91 Å². The van der Waals surface area contributed by atoms with Crippen molar-refractivity contribution in [2.24, 2.45) is 5.92 Å². The maximum atomic E-state index is 12.4. The number of nitrogen functional groups attached to an aromatic ring is 1. The van der Waals surface area contributed by atoms with E-state index in [4.69, 9.17) is 5.73 Å². The van der Waals surface area contributed by atoms with Gasteiger partial charge in [0.15, 0.2) is 5.13 Å². The molecule has 0 saturated heterocycles. The molecule has 0 radical (unpaired) electrons. The highest BCUT2D eigenvalue weighted by Gasteiger charge is 2.20. The molecule has 1 amide bonds. The number of thiazole rings is 1. The Bertz CT molecular complexity index is 592. The van der Waals surface area contributed by atoms with Gasteiger partial charge < -0.3 is 16.0 Å². The summed E-state index contributed by atoms with van der Waals surface area (Å²) in [7, 11) is 1.78. The zero-order chi connectivity index (χ0) is 15.4. The normalized spacial score (nSPS) is 10.9. The molecule has 2 heterocycles. The third kappa shape index (κ3) is 4.18. The van der Waals surface area contributed by atoms with Crippen molar-refractivity contribution in [3.63, 3.8) is 0 Å². The van der Waals surface area contributed by atoms with Crippen molar-refractivity contribution in [2.45, 2.75) is 20.4 Å². The van der Waals surface area contributed by atoms with E-state index in [0.29, 0.717) is 28.3 Å². The summed E-state index contributed by atoms with van der Waals surface area (Å²) in [5, 5.41) is 7.95. The quantitative estimate of drug-likeness (QED) is 0.856. The van der Waals surface area contributed by atoms with Crippen LogP contribution in [0.3, 0.4) is 0 Å². The van der Waals surface area contributed by atoms with Crippen LogP contribution in [-0.4, -0.2) is 29.4 Å². The summed E-state index contributed by atoms with van der Waals surface area (Å²) in [6.07, 6.45) is 0. The molecule has 21 heavy (non-hydrogen) atoms. The van der Waals surface area contributed by atoms with Crippen molar-refractivity contribution in [1.82, 2.24) is 9.88 Å². The number of carbonyl (C=O) groups is 1. The van der Waals surface area contributed by atoms with Crippen LogP contribution in [-0.2, 0) is 6.54 Å². The van der Waals surface area contributed by atoms with Gasteiger partial charge in [-0.05, 0) is 28.3 Å². The molecule has 0 fully saturated rings. The van der Waals surface area contributed by atoms with Crippen LogP contribution in [0.4, 0.5) is 10.9 Å². The first-order valence-electron chi connectivity index (χ1n) is 6.74. The molecule has 0 aromatic carbocycles. The van der Waals surface area contributed by atoms with Crippen LogP contribution in [0.15, 0.2) is 16.8 Å². The van der Waals surface area contributed by atoms with Crippen LogP contribution in [0.5, 0.6) is 0 Å². The highest BCUT2D eigenvalue weighted by Crippen LogP contribution is 2.26. The number of hydrogen-bond acceptors (Lipinski definition) is 6. The van der Waals surface area contributed by atoms with Gasteiger partial charge in [0.25, 0.3) is 5.91 Å². The number of thiophene rings is 1. The maximum Gasteiger partial charge on any atom is 0.267 e. The molecule has 5 nitrogen and oxygen atoms in total. The average molecular weight is 324 g/mol. The van der Waals surface area contributed by atoms with Gasteiger partial charge in [-0.25, -0.2) is 4.98 Å². The second-order valence-corrected chi connectivity index (χ2v) is 7.08. The predicted molar refractivity (Wildman–Crippen MR) is 90.0 cm³/mol. The lowest BCUT2D eigenvalue weighted by Crippen LogP contribution is -2.25. The van der Waals surface area contributed by atoms with Crippen molar-refractivity contribution in [2.75, 3.05) is 24.6 Å². The highest BCUT2D eigenvalue weighted by molar-refractivity contribution is 7.18. The van der Waals surface area contributed by atoms with Gasteiger partial charge in [0.05, 0.1) is 0 Å². The van der Waals surface area contributed by atoms with Crippen molar-refractivity contribution >= 4 is 39.5 Å². The molecule has 3 N–H and O–H groups in total. The van der Waals surface area contributed by atoms with Gasteiger partial charge in [0.2, 0.25) is 0 Å². The molecule has 0 aliphatic carbocycles. The Balaban J connectivity index is 2.04. The van der Waals surface area contributed by atoms with Gasteiger partial charge >= 0.3 is 0 Å². The number of amides is 1. The number of carbonyl (C=O) groups excluding carboxylic acids is 1. The highest BCUT2D eigenvalue weighted by atomic mass is 32.1. The van der Waals surface area contributed by atoms with E-state index in [9.17, 15) is 4.79 Å². The van der Waals surface area contributed by atoms with E-state index in [0.717, 1.165) is 12.1 Å². The molecule has 114 valence electrons. The lowest BCUT2D eigenvalue weighted by atomic mass is 10.2. The summed E-state index contributed by atoms with van der Waals surface area (Å²) >= 11 is 2.94. The Morgan fingerprint density at radius 1 is 1.52 bits per heavy atom. The van der Waals surface area contributed by atoms with E-state index < -0.39 is 0 Å². The summed E-state index contributed by atoms with van der Waals surface area (Å²) in [5.74, 6) is 0.720. The van der Waals surface area contributed by atoms with E-state index in [1.54, 1.807) is 23.3 Å². The second-order valence-electron chi connectivity index (χ2n) is 5.30. The summed E-state index contributed by atoms with van der Waals surface area (Å²) in [4.78, 5) is 18.8. The van der Waals surface area contributed by atoms with Gasteiger partial charge in [0.1, 0.15) is 10.7 Å². The van der Waals surface area contributed by atoms with E-state index >= 15 is 0 Å². The lowest BCUT2D eigenvalue weighted by Gasteiger charge is -2.15. The Morgan fingerprint density at radius 3 is 2.90 bits per heavy atom. The molecule has 0 atom stereocenters. The first kappa shape index (κ1) is 15.8. The fourth-order valence-corrected chi connectivity index (χ4v) is 3.30. The number of anilines is 2.